The van der Waals surface area contributed by atoms with Crippen molar-refractivity contribution in [2.75, 3.05) is 11.9 Å². The van der Waals surface area contributed by atoms with Crippen LogP contribution in [0.25, 0.3) is 5.69 Å². The number of carbonyl (C=O) groups is 2. The predicted molar refractivity (Wildman–Crippen MR) is 117 cm³/mol. The average Bonchev–Trinajstić information content (AvgIpc) is 3.13. The lowest BCUT2D eigenvalue weighted by molar-refractivity contribution is -0.120. The summed E-state index contributed by atoms with van der Waals surface area (Å²) < 4.78 is 14.7. The normalized spacial score (nSPS) is 11.8. The number of aromatic nitrogens is 3. The lowest BCUT2D eigenvalue weighted by Gasteiger charge is -2.27. The Bertz CT molecular complexity index is 1080. The fourth-order valence-electron chi connectivity index (χ4n) is 3.10. The first-order valence-electron chi connectivity index (χ1n) is 9.87. The Hall–Kier alpha value is -3.26. The van der Waals surface area contributed by atoms with Gasteiger partial charge in [-0.15, -0.1) is 5.10 Å². The van der Waals surface area contributed by atoms with Crippen molar-refractivity contribution in [1.82, 2.24) is 19.7 Å². The van der Waals surface area contributed by atoms with Gasteiger partial charge in [-0.3, -0.25) is 9.59 Å². The number of aryl methyl sites for hydroxylation is 1. The number of rotatable bonds is 7. The summed E-state index contributed by atoms with van der Waals surface area (Å²) in [5.74, 6) is -0.732. The van der Waals surface area contributed by atoms with Crippen molar-refractivity contribution in [2.45, 2.75) is 33.2 Å². The van der Waals surface area contributed by atoms with Gasteiger partial charge in [-0.05, 0) is 62.7 Å². The van der Waals surface area contributed by atoms with Gasteiger partial charge >= 0.3 is 0 Å². The average molecular weight is 444 g/mol. The largest absolute Gasteiger partial charge is 0.324 e. The Morgan fingerprint density at radius 1 is 1.23 bits per heavy atom. The predicted octanol–water partition coefficient (Wildman–Crippen LogP) is 4.25. The maximum atomic E-state index is 13.2. The van der Waals surface area contributed by atoms with E-state index in [0.717, 1.165) is 0 Å². The van der Waals surface area contributed by atoms with Crippen molar-refractivity contribution in [3.63, 3.8) is 0 Å². The molecule has 0 saturated carbocycles. The van der Waals surface area contributed by atoms with Gasteiger partial charge in [0.15, 0.2) is 0 Å². The number of amides is 2. The van der Waals surface area contributed by atoms with Crippen LogP contribution in [-0.2, 0) is 4.79 Å². The van der Waals surface area contributed by atoms with Crippen LogP contribution in [-0.4, -0.2) is 44.1 Å². The van der Waals surface area contributed by atoms with Gasteiger partial charge in [-0.25, -0.2) is 14.1 Å². The van der Waals surface area contributed by atoms with Crippen LogP contribution in [0.5, 0.6) is 0 Å². The molecule has 0 saturated heterocycles. The quantitative estimate of drug-likeness (QED) is 0.592. The summed E-state index contributed by atoms with van der Waals surface area (Å²) in [4.78, 5) is 31.6. The molecular formula is C22H23ClFN5O2. The van der Waals surface area contributed by atoms with E-state index < -0.39 is 11.9 Å². The van der Waals surface area contributed by atoms with Crippen molar-refractivity contribution >= 4 is 29.1 Å². The van der Waals surface area contributed by atoms with Crippen molar-refractivity contribution < 1.29 is 14.0 Å². The van der Waals surface area contributed by atoms with E-state index in [0.29, 0.717) is 35.2 Å². The van der Waals surface area contributed by atoms with Gasteiger partial charge in [0, 0.05) is 17.3 Å². The number of nitrogens with one attached hydrogen (secondary N) is 1. The molecule has 2 aromatic carbocycles. The molecular weight excluding hydrogens is 421 g/mol. The summed E-state index contributed by atoms with van der Waals surface area (Å²) in [5.41, 5.74) is 1.13. The highest BCUT2D eigenvalue weighted by atomic mass is 35.5. The van der Waals surface area contributed by atoms with E-state index in [1.54, 1.807) is 50.2 Å². The summed E-state index contributed by atoms with van der Waals surface area (Å²) in [6.07, 6.45) is 0.651. The first kappa shape index (κ1) is 22.4. The number of benzene rings is 2. The van der Waals surface area contributed by atoms with Gasteiger partial charge in [0.2, 0.25) is 11.7 Å². The van der Waals surface area contributed by atoms with Gasteiger partial charge in [0.1, 0.15) is 17.7 Å². The highest BCUT2D eigenvalue weighted by molar-refractivity contribution is 6.30. The van der Waals surface area contributed by atoms with Crippen LogP contribution >= 0.6 is 11.6 Å². The maximum absolute atomic E-state index is 13.2. The number of hydrogen-bond acceptors (Lipinski definition) is 4. The van der Waals surface area contributed by atoms with E-state index in [-0.39, 0.29) is 17.5 Å². The molecule has 1 aromatic heterocycles. The molecule has 3 rings (SSSR count). The van der Waals surface area contributed by atoms with Crippen LogP contribution in [0.4, 0.5) is 10.1 Å². The maximum Gasteiger partial charge on any atom is 0.294 e. The molecule has 0 aliphatic heterocycles. The Morgan fingerprint density at radius 2 is 1.94 bits per heavy atom. The Balaban J connectivity index is 1.82. The Kier molecular flexibility index (Phi) is 7.02. The first-order chi connectivity index (χ1) is 14.8. The molecule has 0 aliphatic rings. The third-order valence-corrected chi connectivity index (χ3v) is 4.93. The van der Waals surface area contributed by atoms with Crippen LogP contribution in [0, 0.1) is 12.7 Å². The number of hydrogen-bond donors (Lipinski definition) is 1. The van der Waals surface area contributed by atoms with Gasteiger partial charge < -0.3 is 10.2 Å². The fourth-order valence-corrected chi connectivity index (χ4v) is 3.29. The van der Waals surface area contributed by atoms with Gasteiger partial charge in [-0.1, -0.05) is 24.6 Å². The second kappa shape index (κ2) is 9.70. The zero-order valence-electron chi connectivity index (χ0n) is 17.5. The molecule has 3 aromatic rings. The monoisotopic (exact) mass is 443 g/mol. The topological polar surface area (TPSA) is 80.1 Å². The fraction of sp³-hybridized carbons (Fsp3) is 0.273. The second-order valence-electron chi connectivity index (χ2n) is 7.04. The number of anilines is 1. The zero-order valence-corrected chi connectivity index (χ0v) is 18.2. The number of nitrogens with zero attached hydrogens (tertiary/aromatic N) is 4. The summed E-state index contributed by atoms with van der Waals surface area (Å²) in [7, 11) is 0. The molecule has 31 heavy (non-hydrogen) atoms. The van der Waals surface area contributed by atoms with E-state index in [2.05, 4.69) is 15.4 Å². The molecule has 1 N–H and O–H groups in total. The van der Waals surface area contributed by atoms with E-state index in [9.17, 15) is 14.0 Å². The molecule has 9 heteroatoms. The second-order valence-corrected chi connectivity index (χ2v) is 7.48. The van der Waals surface area contributed by atoms with E-state index in [1.165, 1.54) is 21.7 Å². The Labute approximate surface area is 184 Å². The van der Waals surface area contributed by atoms with Crippen LogP contribution in [0.1, 0.15) is 36.7 Å². The molecule has 0 aliphatic carbocycles. The molecule has 1 atom stereocenters. The van der Waals surface area contributed by atoms with Crippen LogP contribution in [0.15, 0.2) is 48.5 Å². The highest BCUT2D eigenvalue weighted by Gasteiger charge is 2.29. The SMILES string of the molecule is CCCN(C(=O)c1nc(C)n(-c2ccc(F)cc2)n1)[C@H](C)C(=O)Nc1cccc(Cl)c1. The van der Waals surface area contributed by atoms with Crippen molar-refractivity contribution in [2.24, 2.45) is 0 Å². The lowest BCUT2D eigenvalue weighted by Crippen LogP contribution is -2.46. The summed E-state index contributed by atoms with van der Waals surface area (Å²) in [6, 6.07) is 11.8. The zero-order chi connectivity index (χ0) is 22.5. The standard InChI is InChI=1S/C22H23ClFN5O2/c1-4-12-28(14(2)21(30)26-18-7-5-6-16(23)13-18)22(31)20-25-15(3)29(27-20)19-10-8-17(24)9-11-19/h5-11,13-14H,4,12H2,1-3H3,(H,26,30)/t14-/m1/s1. The van der Waals surface area contributed by atoms with Crippen molar-refractivity contribution in [1.29, 1.82) is 0 Å². The molecule has 1 heterocycles. The first-order valence-corrected chi connectivity index (χ1v) is 10.2. The van der Waals surface area contributed by atoms with Gasteiger partial charge in [-0.2, -0.15) is 0 Å². The molecule has 0 radical (unpaired) electrons. The smallest absolute Gasteiger partial charge is 0.294 e. The van der Waals surface area contributed by atoms with Gasteiger partial charge in [0.25, 0.3) is 5.91 Å². The molecule has 0 unspecified atom stereocenters. The van der Waals surface area contributed by atoms with Crippen molar-refractivity contribution in [3.8, 4) is 5.69 Å². The summed E-state index contributed by atoms with van der Waals surface area (Å²) >= 11 is 5.97. The Morgan fingerprint density at radius 3 is 2.58 bits per heavy atom. The molecule has 0 spiro atoms. The third kappa shape index (κ3) is 5.27. The summed E-state index contributed by atoms with van der Waals surface area (Å²) in [5, 5.41) is 7.57. The minimum atomic E-state index is -0.760. The van der Waals surface area contributed by atoms with Crippen LogP contribution in [0.3, 0.4) is 0 Å². The summed E-state index contributed by atoms with van der Waals surface area (Å²) in [6.45, 7) is 5.62. The minimum Gasteiger partial charge on any atom is -0.324 e. The van der Waals surface area contributed by atoms with E-state index >= 15 is 0 Å². The lowest BCUT2D eigenvalue weighted by atomic mass is 10.2. The van der Waals surface area contributed by atoms with Gasteiger partial charge in [0.05, 0.1) is 5.69 Å². The highest BCUT2D eigenvalue weighted by Crippen LogP contribution is 2.17. The molecule has 162 valence electrons. The van der Waals surface area contributed by atoms with Crippen molar-refractivity contribution in [3.05, 3.63) is 71.0 Å². The molecule has 2 amide bonds. The number of halogens is 2. The van der Waals surface area contributed by atoms with Crippen LogP contribution in [0.2, 0.25) is 5.02 Å². The molecule has 7 nitrogen and oxygen atoms in total. The van der Waals surface area contributed by atoms with Crippen LogP contribution < -0.4 is 5.32 Å². The third-order valence-electron chi connectivity index (χ3n) is 4.70. The molecule has 0 fully saturated rings. The van der Waals surface area contributed by atoms with E-state index in [1.807, 2.05) is 6.92 Å². The molecule has 0 bridgehead atoms. The van der Waals surface area contributed by atoms with E-state index in [4.69, 9.17) is 11.6 Å². The number of carbonyl (C=O) groups excluding carboxylic acids is 2. The minimum absolute atomic E-state index is 0.0299.